The Morgan fingerprint density at radius 1 is 1.07 bits per heavy atom. The van der Waals surface area contributed by atoms with Crippen molar-refractivity contribution < 1.29 is 9.47 Å². The Bertz CT molecular complexity index is 968. The van der Waals surface area contributed by atoms with Crippen molar-refractivity contribution in [1.29, 1.82) is 0 Å². The Labute approximate surface area is 170 Å². The second kappa shape index (κ2) is 9.14. The average Bonchev–Trinajstić information content (AvgIpc) is 3.40. The Morgan fingerprint density at radius 3 is 2.79 bits per heavy atom. The first-order valence-electron chi connectivity index (χ1n) is 9.69. The lowest BCUT2D eigenvalue weighted by atomic mass is 10.2. The Hall–Kier alpha value is -3.48. The molecule has 7 heteroatoms. The van der Waals surface area contributed by atoms with Gasteiger partial charge in [0.25, 0.3) is 0 Å². The number of nitrogens with one attached hydrogen (secondary N) is 2. The first-order chi connectivity index (χ1) is 14.3. The maximum atomic E-state index is 5.43. The van der Waals surface area contributed by atoms with Gasteiger partial charge in [0.05, 0.1) is 0 Å². The number of nitrogens with zero attached hydrogens (tertiary/aromatic N) is 3. The fraction of sp³-hybridized carbons (Fsp3) is 0.273. The smallest absolute Gasteiger partial charge is 0.231 e. The lowest BCUT2D eigenvalue weighted by Gasteiger charge is -2.13. The summed E-state index contributed by atoms with van der Waals surface area (Å²) in [4.78, 5) is 8.79. The number of guanidine groups is 1. The van der Waals surface area contributed by atoms with Crippen LogP contribution in [0.25, 0.3) is 0 Å². The van der Waals surface area contributed by atoms with Crippen LogP contribution in [0.2, 0.25) is 0 Å². The third-order valence-electron chi connectivity index (χ3n) is 4.76. The first-order valence-corrected chi connectivity index (χ1v) is 9.69. The van der Waals surface area contributed by atoms with Crippen molar-refractivity contribution in [3.8, 4) is 11.5 Å². The number of hydrogen-bond donors (Lipinski definition) is 2. The molecule has 0 aliphatic carbocycles. The molecule has 1 aliphatic heterocycles. The minimum absolute atomic E-state index is 0.287. The van der Waals surface area contributed by atoms with Gasteiger partial charge in [0.2, 0.25) is 6.79 Å². The van der Waals surface area contributed by atoms with Crippen molar-refractivity contribution in [3.63, 3.8) is 0 Å². The Morgan fingerprint density at radius 2 is 1.93 bits per heavy atom. The lowest BCUT2D eigenvalue weighted by molar-refractivity contribution is 0.174. The van der Waals surface area contributed by atoms with Crippen LogP contribution in [-0.4, -0.2) is 35.9 Å². The van der Waals surface area contributed by atoms with Crippen LogP contribution in [0.5, 0.6) is 11.5 Å². The van der Waals surface area contributed by atoms with E-state index in [1.807, 2.05) is 36.7 Å². The van der Waals surface area contributed by atoms with Crippen molar-refractivity contribution in [2.24, 2.45) is 4.99 Å². The highest BCUT2D eigenvalue weighted by Crippen LogP contribution is 2.32. The van der Waals surface area contributed by atoms with Gasteiger partial charge in [-0.1, -0.05) is 36.4 Å². The van der Waals surface area contributed by atoms with Crippen LogP contribution in [0.15, 0.2) is 65.9 Å². The molecule has 0 atom stereocenters. The Balaban J connectivity index is 1.26. The van der Waals surface area contributed by atoms with E-state index >= 15 is 0 Å². The zero-order valence-electron chi connectivity index (χ0n) is 16.5. The number of ether oxygens (including phenoxy) is 2. The molecule has 3 aromatic rings. The van der Waals surface area contributed by atoms with Gasteiger partial charge in [-0.15, -0.1) is 0 Å². The summed E-state index contributed by atoms with van der Waals surface area (Å²) in [7, 11) is 1.77. The van der Waals surface area contributed by atoms with Crippen molar-refractivity contribution in [2.75, 3.05) is 20.4 Å². The molecule has 2 aromatic carbocycles. The number of aromatic nitrogens is 2. The number of rotatable bonds is 7. The zero-order chi connectivity index (χ0) is 19.9. The van der Waals surface area contributed by atoms with E-state index in [1.165, 1.54) is 5.56 Å². The van der Waals surface area contributed by atoms with Gasteiger partial charge in [0.1, 0.15) is 5.82 Å². The standard InChI is InChI=1S/C22H25N5O2/c1-23-22(26-14-18-7-8-19-20(13-18)29-16-28-19)25-10-9-21-24-11-12-27(21)15-17-5-3-2-4-6-17/h2-8,11-13H,9-10,14-16H2,1H3,(H2,23,25,26). The van der Waals surface area contributed by atoms with Gasteiger partial charge in [0.15, 0.2) is 17.5 Å². The topological polar surface area (TPSA) is 72.7 Å². The largest absolute Gasteiger partial charge is 0.454 e. The number of hydrogen-bond acceptors (Lipinski definition) is 4. The fourth-order valence-corrected chi connectivity index (χ4v) is 3.24. The number of aliphatic imine (C=N–C) groups is 1. The highest BCUT2D eigenvalue weighted by molar-refractivity contribution is 5.79. The molecule has 0 spiro atoms. The van der Waals surface area contributed by atoms with E-state index in [-0.39, 0.29) is 6.79 Å². The second-order valence-corrected chi connectivity index (χ2v) is 6.75. The molecule has 1 aromatic heterocycles. The van der Waals surface area contributed by atoms with Crippen molar-refractivity contribution in [3.05, 3.63) is 77.9 Å². The summed E-state index contributed by atoms with van der Waals surface area (Å²) >= 11 is 0. The van der Waals surface area contributed by atoms with Gasteiger partial charge in [-0.25, -0.2) is 4.98 Å². The maximum Gasteiger partial charge on any atom is 0.231 e. The molecule has 0 fully saturated rings. The van der Waals surface area contributed by atoms with Crippen LogP contribution in [0.4, 0.5) is 0 Å². The van der Waals surface area contributed by atoms with E-state index in [4.69, 9.17) is 9.47 Å². The molecule has 0 unspecified atom stereocenters. The summed E-state index contributed by atoms with van der Waals surface area (Å²) in [6.07, 6.45) is 4.69. The van der Waals surface area contributed by atoms with Gasteiger partial charge in [0, 0.05) is 45.5 Å². The predicted molar refractivity (Wildman–Crippen MR) is 112 cm³/mol. The maximum absolute atomic E-state index is 5.43. The van der Waals surface area contributed by atoms with Gasteiger partial charge in [-0.05, 0) is 23.3 Å². The van der Waals surface area contributed by atoms with Crippen LogP contribution in [0.3, 0.4) is 0 Å². The van der Waals surface area contributed by atoms with E-state index < -0.39 is 0 Å². The highest BCUT2D eigenvalue weighted by Gasteiger charge is 2.13. The number of benzene rings is 2. The molecule has 0 saturated carbocycles. The summed E-state index contributed by atoms with van der Waals surface area (Å²) < 4.78 is 13.0. The Kier molecular flexibility index (Phi) is 5.95. The van der Waals surface area contributed by atoms with Gasteiger partial charge >= 0.3 is 0 Å². The van der Waals surface area contributed by atoms with Gasteiger partial charge in [-0.3, -0.25) is 4.99 Å². The molecule has 4 rings (SSSR count). The minimum atomic E-state index is 0.287. The molecule has 0 amide bonds. The highest BCUT2D eigenvalue weighted by atomic mass is 16.7. The lowest BCUT2D eigenvalue weighted by Crippen LogP contribution is -2.38. The third kappa shape index (κ3) is 4.87. The predicted octanol–water partition coefficient (Wildman–Crippen LogP) is 2.57. The molecule has 2 heterocycles. The van der Waals surface area contributed by atoms with E-state index in [2.05, 4.69) is 49.4 Å². The van der Waals surface area contributed by atoms with Crippen molar-refractivity contribution in [2.45, 2.75) is 19.5 Å². The van der Waals surface area contributed by atoms with Gasteiger partial charge < -0.3 is 24.7 Å². The van der Waals surface area contributed by atoms with Crippen molar-refractivity contribution in [1.82, 2.24) is 20.2 Å². The van der Waals surface area contributed by atoms with Gasteiger partial charge in [-0.2, -0.15) is 0 Å². The first kappa shape index (κ1) is 18.9. The molecule has 150 valence electrons. The fourth-order valence-electron chi connectivity index (χ4n) is 3.24. The molecular weight excluding hydrogens is 366 g/mol. The van der Waals surface area contributed by atoms with E-state index in [9.17, 15) is 0 Å². The summed E-state index contributed by atoms with van der Waals surface area (Å²) in [5, 5.41) is 6.68. The van der Waals surface area contributed by atoms with Crippen LogP contribution in [0, 0.1) is 0 Å². The quantitative estimate of drug-likeness (QED) is 0.478. The van der Waals surface area contributed by atoms with Crippen LogP contribution in [-0.2, 0) is 19.5 Å². The molecular formula is C22H25N5O2. The van der Waals surface area contributed by atoms with Crippen LogP contribution >= 0.6 is 0 Å². The zero-order valence-corrected chi connectivity index (χ0v) is 16.5. The van der Waals surface area contributed by atoms with E-state index in [0.29, 0.717) is 6.54 Å². The summed E-state index contributed by atoms with van der Waals surface area (Å²) in [6, 6.07) is 16.4. The third-order valence-corrected chi connectivity index (χ3v) is 4.76. The minimum Gasteiger partial charge on any atom is -0.454 e. The number of imidazole rings is 1. The summed E-state index contributed by atoms with van der Waals surface area (Å²) in [5.41, 5.74) is 2.37. The molecule has 2 N–H and O–H groups in total. The molecule has 7 nitrogen and oxygen atoms in total. The monoisotopic (exact) mass is 391 g/mol. The van der Waals surface area contributed by atoms with Crippen LogP contribution in [0.1, 0.15) is 17.0 Å². The van der Waals surface area contributed by atoms with E-state index in [1.54, 1.807) is 7.05 Å². The number of fused-ring (bicyclic) bond motifs is 1. The molecule has 0 saturated heterocycles. The molecule has 1 aliphatic rings. The molecule has 0 bridgehead atoms. The van der Waals surface area contributed by atoms with Crippen molar-refractivity contribution >= 4 is 5.96 Å². The SMILES string of the molecule is CN=C(NCCc1nccn1Cc1ccccc1)NCc1ccc2c(c1)OCO2. The normalized spacial score (nSPS) is 12.8. The average molecular weight is 391 g/mol. The second-order valence-electron chi connectivity index (χ2n) is 6.75. The van der Waals surface area contributed by atoms with Crippen LogP contribution < -0.4 is 20.1 Å². The van der Waals surface area contributed by atoms with E-state index in [0.717, 1.165) is 48.4 Å². The summed E-state index contributed by atoms with van der Waals surface area (Å²) in [6.45, 7) is 2.51. The molecule has 29 heavy (non-hydrogen) atoms. The summed E-state index contributed by atoms with van der Waals surface area (Å²) in [5.74, 6) is 3.39. The molecule has 0 radical (unpaired) electrons.